The lowest BCUT2D eigenvalue weighted by atomic mass is 9.94. The molecule has 2 aliphatic rings. The molecular formula is C52H66O8SSi2. The summed E-state index contributed by atoms with van der Waals surface area (Å²) in [6.07, 6.45) is -2.12. The Morgan fingerprint density at radius 1 is 0.635 bits per heavy atom. The predicted molar refractivity (Wildman–Crippen MR) is 256 cm³/mol. The van der Waals surface area contributed by atoms with Crippen molar-refractivity contribution < 1.29 is 36.2 Å². The Morgan fingerprint density at radius 2 is 1.13 bits per heavy atom. The molecule has 0 radical (unpaired) electrons. The van der Waals surface area contributed by atoms with Gasteiger partial charge in [0.2, 0.25) is 14.8 Å². The minimum Gasteiger partial charge on any atom is -0.411 e. The average molecular weight is 907 g/mol. The van der Waals surface area contributed by atoms with Crippen molar-refractivity contribution in [3.8, 4) is 0 Å². The predicted octanol–water partition coefficient (Wildman–Crippen LogP) is 9.87. The minimum absolute atomic E-state index is 0.0614. The molecule has 0 saturated carbocycles. The summed E-state index contributed by atoms with van der Waals surface area (Å²) in [7, 11) is -9.39. The van der Waals surface area contributed by atoms with Gasteiger partial charge in [0, 0.05) is 12.8 Å². The Kier molecular flexibility index (Phi) is 15.4. The lowest BCUT2D eigenvalue weighted by Gasteiger charge is -2.45. The minimum atomic E-state index is -4.10. The summed E-state index contributed by atoms with van der Waals surface area (Å²) < 4.78 is 72.2. The molecule has 336 valence electrons. The maximum Gasteiger partial charge on any atom is 0.261 e. The molecule has 0 aliphatic carbocycles. The van der Waals surface area contributed by atoms with Crippen LogP contribution in [-0.4, -0.2) is 73.7 Å². The van der Waals surface area contributed by atoms with Gasteiger partial charge in [0.1, 0.15) is 12.2 Å². The number of sulfone groups is 1. The normalized spacial score (nSPS) is 23.0. The smallest absolute Gasteiger partial charge is 0.261 e. The van der Waals surface area contributed by atoms with Crippen molar-refractivity contribution in [1.29, 1.82) is 0 Å². The van der Waals surface area contributed by atoms with Gasteiger partial charge in [-0.25, -0.2) is 8.42 Å². The molecular weight excluding hydrogens is 841 g/mol. The van der Waals surface area contributed by atoms with Gasteiger partial charge < -0.3 is 27.8 Å². The maximum atomic E-state index is 15.3. The van der Waals surface area contributed by atoms with E-state index >= 15 is 8.42 Å². The average Bonchev–Trinajstić information content (AvgIpc) is 4.03. The molecule has 8 nitrogen and oxygen atoms in total. The Hall–Kier alpha value is -3.76. The molecule has 5 aromatic rings. The van der Waals surface area contributed by atoms with E-state index in [1.807, 2.05) is 66.7 Å². The molecule has 2 heterocycles. The van der Waals surface area contributed by atoms with Gasteiger partial charge in [-0.15, -0.1) is 0 Å². The SMILES string of the molecule is CC[Si](CC)(CC)O[C@@H]1C[C@H](OCc2ccccc2)[C@@H](COCc2ccccc2)O[C@H]1C[C@@]1(S(=O)(=O)c2ccccc2)O[C@@H]1CO[Si](c1ccccc1)(c1ccccc1)C(C)(C)C. The summed E-state index contributed by atoms with van der Waals surface area (Å²) in [4.78, 5) is -1.42. The van der Waals surface area contributed by atoms with Gasteiger partial charge in [-0.3, -0.25) is 0 Å². The zero-order chi connectivity index (χ0) is 44.6. The van der Waals surface area contributed by atoms with E-state index in [0.29, 0.717) is 19.6 Å². The second-order valence-electron chi connectivity index (χ2n) is 18.1. The number of benzene rings is 5. The highest BCUT2D eigenvalue weighted by molar-refractivity contribution is 7.93. The highest BCUT2D eigenvalue weighted by Crippen LogP contribution is 2.52. The van der Waals surface area contributed by atoms with Crippen LogP contribution in [0.1, 0.15) is 65.5 Å². The second kappa shape index (κ2) is 20.6. The van der Waals surface area contributed by atoms with E-state index < -0.39 is 55.8 Å². The first-order valence-corrected chi connectivity index (χ1v) is 28.7. The van der Waals surface area contributed by atoms with Crippen molar-refractivity contribution in [2.45, 2.75) is 131 Å². The molecule has 2 fully saturated rings. The largest absolute Gasteiger partial charge is 0.411 e. The summed E-state index contributed by atoms with van der Waals surface area (Å²) in [6, 6.07) is 52.5. The quantitative estimate of drug-likeness (QED) is 0.0531. The van der Waals surface area contributed by atoms with Crippen LogP contribution in [-0.2, 0) is 50.9 Å². The van der Waals surface area contributed by atoms with E-state index in [4.69, 9.17) is 27.8 Å². The van der Waals surface area contributed by atoms with Crippen molar-refractivity contribution in [3.05, 3.63) is 163 Å². The van der Waals surface area contributed by atoms with Crippen LogP contribution in [0, 0.1) is 0 Å². The number of rotatable bonds is 21. The topological polar surface area (TPSA) is 92.8 Å². The van der Waals surface area contributed by atoms with E-state index in [9.17, 15) is 0 Å². The Bertz CT molecular complexity index is 2210. The summed E-state index contributed by atoms with van der Waals surface area (Å²) in [5, 5.41) is 1.92. The number of hydrogen-bond acceptors (Lipinski definition) is 8. The lowest BCUT2D eigenvalue weighted by molar-refractivity contribution is -0.202. The molecule has 0 unspecified atom stereocenters. The van der Waals surface area contributed by atoms with Gasteiger partial charge in [-0.05, 0) is 56.8 Å². The molecule has 5 aromatic carbocycles. The molecule has 0 aromatic heterocycles. The first-order chi connectivity index (χ1) is 30.4. The van der Waals surface area contributed by atoms with Crippen molar-refractivity contribution >= 4 is 36.8 Å². The molecule has 0 N–H and O–H groups in total. The molecule has 0 spiro atoms. The standard InChI is InChI=1S/C52H66O8SSi2/c1-7-62(8-2,9-3)60-47-35-46(56-38-42-27-17-11-18-28-42)49(39-55-37-41-25-15-10-16-26-41)58-48(47)36-52(61(53,54)43-29-19-12-20-30-43)50(59-52)40-57-63(51(4,5)6,44-31-21-13-22-32-44)45-33-23-14-24-34-45/h10-34,46-50H,7-9,35-40H2,1-6H3/t46-,47+,48-,49+,50+,52-/m0/s1. The molecule has 7 rings (SSSR count). The summed E-state index contributed by atoms with van der Waals surface area (Å²) >= 11 is 0. The van der Waals surface area contributed by atoms with Crippen molar-refractivity contribution in [2.75, 3.05) is 13.2 Å². The van der Waals surface area contributed by atoms with Gasteiger partial charge in [0.25, 0.3) is 8.32 Å². The van der Waals surface area contributed by atoms with Crippen LogP contribution in [0.3, 0.4) is 0 Å². The van der Waals surface area contributed by atoms with Crippen LogP contribution in [0.2, 0.25) is 23.2 Å². The lowest BCUT2D eigenvalue weighted by Crippen LogP contribution is -2.67. The molecule has 2 saturated heterocycles. The van der Waals surface area contributed by atoms with Crippen LogP contribution in [0.4, 0.5) is 0 Å². The highest BCUT2D eigenvalue weighted by atomic mass is 32.2. The fourth-order valence-corrected chi connectivity index (χ4v) is 18.9. The van der Waals surface area contributed by atoms with Crippen molar-refractivity contribution in [2.24, 2.45) is 0 Å². The monoisotopic (exact) mass is 906 g/mol. The first-order valence-electron chi connectivity index (χ1n) is 22.7. The summed E-state index contributed by atoms with van der Waals surface area (Å²) in [5.74, 6) is 0. The highest BCUT2D eigenvalue weighted by Gasteiger charge is 2.69. The van der Waals surface area contributed by atoms with E-state index in [0.717, 1.165) is 39.6 Å². The molecule has 2 aliphatic heterocycles. The zero-order valence-corrected chi connectivity index (χ0v) is 40.7. The molecule has 11 heteroatoms. The van der Waals surface area contributed by atoms with Crippen LogP contribution in [0.5, 0.6) is 0 Å². The maximum absolute atomic E-state index is 15.3. The number of epoxide rings is 1. The van der Waals surface area contributed by atoms with Crippen LogP contribution >= 0.6 is 0 Å². The van der Waals surface area contributed by atoms with Gasteiger partial charge in [0.05, 0.1) is 49.6 Å². The fraction of sp³-hybridized carbons (Fsp3) is 0.423. The van der Waals surface area contributed by atoms with Crippen molar-refractivity contribution in [3.63, 3.8) is 0 Å². The Balaban J connectivity index is 1.26. The molecule has 0 bridgehead atoms. The Labute approximate surface area is 378 Å². The van der Waals surface area contributed by atoms with Crippen LogP contribution in [0.15, 0.2) is 157 Å². The van der Waals surface area contributed by atoms with Crippen LogP contribution in [0.25, 0.3) is 0 Å². The fourth-order valence-electron chi connectivity index (χ4n) is 9.46. The summed E-state index contributed by atoms with van der Waals surface area (Å²) in [6.45, 7) is 14.5. The van der Waals surface area contributed by atoms with E-state index in [1.165, 1.54) is 0 Å². The third-order valence-corrected chi connectivity index (χ3v) is 25.3. The second-order valence-corrected chi connectivity index (χ2v) is 29.3. The summed E-state index contributed by atoms with van der Waals surface area (Å²) in [5.41, 5.74) is 2.11. The number of ether oxygens (including phenoxy) is 4. The van der Waals surface area contributed by atoms with Gasteiger partial charge in [0.15, 0.2) is 8.32 Å². The van der Waals surface area contributed by atoms with Gasteiger partial charge in [-0.2, -0.15) is 0 Å². The molecule has 6 atom stereocenters. The number of hydrogen-bond donors (Lipinski definition) is 0. The van der Waals surface area contributed by atoms with Crippen molar-refractivity contribution in [1.82, 2.24) is 0 Å². The van der Waals surface area contributed by atoms with Gasteiger partial charge >= 0.3 is 0 Å². The van der Waals surface area contributed by atoms with Gasteiger partial charge in [-0.1, -0.05) is 181 Å². The molecule has 0 amide bonds. The van der Waals surface area contributed by atoms with E-state index in [2.05, 4.69) is 102 Å². The van der Waals surface area contributed by atoms with Crippen LogP contribution < -0.4 is 10.4 Å². The van der Waals surface area contributed by atoms with E-state index in [1.54, 1.807) is 24.3 Å². The first kappa shape index (κ1) is 47.2. The Morgan fingerprint density at radius 3 is 1.63 bits per heavy atom. The third kappa shape index (κ3) is 10.4. The van der Waals surface area contributed by atoms with E-state index in [-0.39, 0.29) is 35.7 Å². The zero-order valence-electron chi connectivity index (χ0n) is 37.9. The molecule has 63 heavy (non-hydrogen) atoms. The third-order valence-electron chi connectivity index (χ3n) is 13.3.